The number of carbonyl (C=O) groups is 1. The Kier molecular flexibility index (Phi) is 4.48. The average Bonchev–Trinajstić information content (AvgIpc) is 3.30. The van der Waals surface area contributed by atoms with Crippen molar-refractivity contribution < 1.29 is 24.3 Å². The molecule has 0 aliphatic carbocycles. The van der Waals surface area contributed by atoms with Gasteiger partial charge in [0, 0.05) is 11.5 Å². The van der Waals surface area contributed by atoms with Crippen LogP contribution in [0.5, 0.6) is 5.75 Å². The van der Waals surface area contributed by atoms with E-state index < -0.39 is 13.1 Å². The highest BCUT2D eigenvalue weighted by molar-refractivity contribution is 6.43. The van der Waals surface area contributed by atoms with Gasteiger partial charge in [-0.05, 0) is 38.2 Å². The quantitative estimate of drug-likeness (QED) is 0.595. The van der Waals surface area contributed by atoms with E-state index in [4.69, 9.17) is 9.47 Å². The van der Waals surface area contributed by atoms with Crippen LogP contribution >= 0.6 is 0 Å². The number of carbonyl (C=O) groups excluding carboxylic acids is 1. The number of hydrogen-bond acceptors (Lipinski definition) is 5. The van der Waals surface area contributed by atoms with Crippen LogP contribution in [0.4, 0.5) is 0 Å². The molecule has 6 nitrogen and oxygen atoms in total. The molecule has 5 atom stereocenters. The molecule has 2 bridgehead atoms. The summed E-state index contributed by atoms with van der Waals surface area (Å²) in [4.78, 5) is 13.4. The molecule has 2 N–H and O–H groups in total. The standard InChI is InChI=1S/C18H24BNO5/c1-11-3-2-4-14-12(9-24-18(11)14)7-17(19(22)23)20(10-21)15-8-13-5-6-16(15)25-13/h2-4,10,12-13,15-17,22-23H,5-9H2,1H3/t12-,13+,15?,16-,17-/m0/s1. The molecule has 3 heterocycles. The zero-order chi connectivity index (χ0) is 17.6. The fourth-order valence-corrected chi connectivity index (χ4v) is 4.68. The molecule has 2 fully saturated rings. The normalized spacial score (nSPS) is 30.7. The van der Waals surface area contributed by atoms with Crippen LogP contribution in [0, 0.1) is 6.92 Å². The van der Waals surface area contributed by atoms with Crippen molar-refractivity contribution in [2.45, 2.75) is 62.7 Å². The van der Waals surface area contributed by atoms with Gasteiger partial charge in [-0.25, -0.2) is 0 Å². The van der Waals surface area contributed by atoms with Gasteiger partial charge in [0.15, 0.2) is 0 Å². The summed E-state index contributed by atoms with van der Waals surface area (Å²) in [5, 5.41) is 20.0. The minimum absolute atomic E-state index is 0.0193. The molecule has 1 unspecified atom stereocenters. The third-order valence-corrected chi connectivity index (χ3v) is 5.94. The van der Waals surface area contributed by atoms with E-state index in [-0.39, 0.29) is 24.2 Å². The lowest BCUT2D eigenvalue weighted by molar-refractivity contribution is -0.123. The zero-order valence-electron chi connectivity index (χ0n) is 14.4. The molecule has 0 saturated carbocycles. The summed E-state index contributed by atoms with van der Waals surface area (Å²) in [6, 6.07) is 5.94. The molecule has 134 valence electrons. The van der Waals surface area contributed by atoms with Gasteiger partial charge in [-0.2, -0.15) is 0 Å². The van der Waals surface area contributed by atoms with Gasteiger partial charge in [0.25, 0.3) is 0 Å². The molecule has 25 heavy (non-hydrogen) atoms. The summed E-state index contributed by atoms with van der Waals surface area (Å²) in [5.41, 5.74) is 2.16. The Hall–Kier alpha value is -1.57. The summed E-state index contributed by atoms with van der Waals surface area (Å²) in [5.74, 6) is 0.272. The second kappa shape index (κ2) is 6.63. The van der Waals surface area contributed by atoms with Crippen molar-refractivity contribution in [2.75, 3.05) is 6.61 Å². The highest BCUT2D eigenvalue weighted by Crippen LogP contribution is 2.41. The zero-order valence-corrected chi connectivity index (χ0v) is 14.4. The molecule has 1 amide bonds. The van der Waals surface area contributed by atoms with Crippen LogP contribution in [0.15, 0.2) is 18.2 Å². The Labute approximate surface area is 147 Å². The molecular formula is C18H24BNO5. The van der Waals surface area contributed by atoms with E-state index in [0.717, 1.165) is 42.5 Å². The van der Waals surface area contributed by atoms with Gasteiger partial charge in [0.1, 0.15) is 5.75 Å². The largest absolute Gasteiger partial charge is 0.492 e. The first-order chi connectivity index (χ1) is 12.1. The van der Waals surface area contributed by atoms with E-state index in [9.17, 15) is 14.8 Å². The third-order valence-electron chi connectivity index (χ3n) is 5.94. The summed E-state index contributed by atoms with van der Waals surface area (Å²) < 4.78 is 11.7. The van der Waals surface area contributed by atoms with Crippen molar-refractivity contribution in [1.82, 2.24) is 4.90 Å². The van der Waals surface area contributed by atoms with Gasteiger partial charge in [-0.1, -0.05) is 18.2 Å². The van der Waals surface area contributed by atoms with Crippen LogP contribution in [-0.4, -0.2) is 59.3 Å². The van der Waals surface area contributed by atoms with E-state index >= 15 is 0 Å². The first kappa shape index (κ1) is 16.9. The first-order valence-corrected chi connectivity index (χ1v) is 9.05. The number of ether oxygens (including phenoxy) is 2. The van der Waals surface area contributed by atoms with Gasteiger partial charge in [0.05, 0.1) is 30.8 Å². The molecule has 0 spiro atoms. The number of benzene rings is 1. The second-order valence-electron chi connectivity index (χ2n) is 7.45. The number of para-hydroxylation sites is 1. The third kappa shape index (κ3) is 2.94. The monoisotopic (exact) mass is 345 g/mol. The Morgan fingerprint density at radius 2 is 2.24 bits per heavy atom. The van der Waals surface area contributed by atoms with Gasteiger partial charge in [-0.3, -0.25) is 4.79 Å². The summed E-state index contributed by atoms with van der Waals surface area (Å²) in [6.45, 7) is 2.51. The maximum absolute atomic E-state index is 11.8. The highest BCUT2D eigenvalue weighted by atomic mass is 16.5. The first-order valence-electron chi connectivity index (χ1n) is 9.05. The molecule has 3 aliphatic heterocycles. The maximum Gasteiger partial charge on any atom is 0.475 e. The van der Waals surface area contributed by atoms with Crippen molar-refractivity contribution >= 4 is 13.5 Å². The topological polar surface area (TPSA) is 79.2 Å². The average molecular weight is 345 g/mol. The Morgan fingerprint density at radius 1 is 1.40 bits per heavy atom. The Balaban J connectivity index is 1.54. The Bertz CT molecular complexity index is 654. The van der Waals surface area contributed by atoms with Crippen LogP contribution < -0.4 is 4.74 Å². The van der Waals surface area contributed by atoms with Crippen LogP contribution in [0.3, 0.4) is 0 Å². The van der Waals surface area contributed by atoms with Gasteiger partial charge in [0.2, 0.25) is 6.41 Å². The molecule has 1 aromatic carbocycles. The predicted molar refractivity (Wildman–Crippen MR) is 92.2 cm³/mol. The second-order valence-corrected chi connectivity index (χ2v) is 7.45. The fraction of sp³-hybridized carbons (Fsp3) is 0.611. The summed E-state index contributed by atoms with van der Waals surface area (Å²) in [6.07, 6.45) is 4.18. The van der Waals surface area contributed by atoms with Crippen molar-refractivity contribution in [3.05, 3.63) is 29.3 Å². The van der Waals surface area contributed by atoms with Crippen LogP contribution in [0.1, 0.15) is 42.7 Å². The lowest BCUT2D eigenvalue weighted by atomic mass is 9.71. The number of amides is 1. The highest BCUT2D eigenvalue weighted by Gasteiger charge is 2.47. The van der Waals surface area contributed by atoms with Crippen molar-refractivity contribution in [2.24, 2.45) is 0 Å². The van der Waals surface area contributed by atoms with Crippen LogP contribution in [0.2, 0.25) is 0 Å². The van der Waals surface area contributed by atoms with E-state index in [1.807, 2.05) is 25.1 Å². The summed E-state index contributed by atoms with van der Waals surface area (Å²) in [7, 11) is -1.59. The maximum atomic E-state index is 11.8. The molecule has 1 aromatic rings. The SMILES string of the molecule is Cc1cccc2c1OC[C@@H]2C[C@@H](B(O)O)N(C=O)C1C[C@H]2CC[C@@H]1O2. The molecule has 3 aliphatic rings. The number of rotatable bonds is 6. The fourth-order valence-electron chi connectivity index (χ4n) is 4.68. The van der Waals surface area contributed by atoms with Gasteiger partial charge >= 0.3 is 7.12 Å². The lowest BCUT2D eigenvalue weighted by Crippen LogP contribution is -2.54. The predicted octanol–water partition coefficient (Wildman–Crippen LogP) is 1.02. The van der Waals surface area contributed by atoms with E-state index in [1.54, 1.807) is 4.90 Å². The van der Waals surface area contributed by atoms with Crippen molar-refractivity contribution in [1.29, 1.82) is 0 Å². The van der Waals surface area contributed by atoms with Crippen LogP contribution in [-0.2, 0) is 9.53 Å². The smallest absolute Gasteiger partial charge is 0.475 e. The summed E-state index contributed by atoms with van der Waals surface area (Å²) >= 11 is 0. The van der Waals surface area contributed by atoms with E-state index in [2.05, 4.69) is 0 Å². The number of nitrogens with zero attached hydrogens (tertiary/aromatic N) is 1. The molecule has 7 heteroatoms. The van der Waals surface area contributed by atoms with Crippen molar-refractivity contribution in [3.63, 3.8) is 0 Å². The molecule has 0 aromatic heterocycles. The molecule has 0 radical (unpaired) electrons. The minimum atomic E-state index is -1.59. The van der Waals surface area contributed by atoms with Gasteiger partial charge < -0.3 is 24.4 Å². The van der Waals surface area contributed by atoms with Gasteiger partial charge in [-0.15, -0.1) is 0 Å². The van der Waals surface area contributed by atoms with E-state index in [1.165, 1.54) is 0 Å². The lowest BCUT2D eigenvalue weighted by Gasteiger charge is -2.36. The number of aryl methyl sites for hydroxylation is 1. The molecular weight excluding hydrogens is 321 g/mol. The molecule has 4 rings (SSSR count). The van der Waals surface area contributed by atoms with Crippen LogP contribution in [0.25, 0.3) is 0 Å². The number of fused-ring (bicyclic) bond motifs is 3. The van der Waals surface area contributed by atoms with Crippen molar-refractivity contribution in [3.8, 4) is 5.75 Å². The molecule has 2 saturated heterocycles. The number of hydrogen-bond donors (Lipinski definition) is 2. The van der Waals surface area contributed by atoms with E-state index in [0.29, 0.717) is 13.0 Å². The Morgan fingerprint density at radius 3 is 2.88 bits per heavy atom. The minimum Gasteiger partial charge on any atom is -0.492 e.